The molecule has 0 bridgehead atoms. The molecular formula is C11H13Cl2NO3. The lowest BCUT2D eigenvalue weighted by Gasteiger charge is -2.09. The molecule has 0 saturated carbocycles. The first-order valence-corrected chi connectivity index (χ1v) is 5.81. The summed E-state index contributed by atoms with van der Waals surface area (Å²) < 4.78 is 10.00. The number of nitrogens with two attached hydrogens (primary N) is 1. The topological polar surface area (TPSA) is 61.5 Å². The molecule has 0 spiro atoms. The van der Waals surface area contributed by atoms with Crippen LogP contribution in [0.4, 0.5) is 5.69 Å². The molecule has 17 heavy (non-hydrogen) atoms. The zero-order chi connectivity index (χ0) is 12.8. The van der Waals surface area contributed by atoms with Crippen molar-refractivity contribution in [1.82, 2.24) is 0 Å². The van der Waals surface area contributed by atoms with E-state index in [2.05, 4.69) is 0 Å². The van der Waals surface area contributed by atoms with Crippen molar-refractivity contribution in [3.05, 3.63) is 27.7 Å². The van der Waals surface area contributed by atoms with Crippen LogP contribution in [0.2, 0.25) is 10.0 Å². The molecule has 0 unspecified atom stereocenters. The van der Waals surface area contributed by atoms with Gasteiger partial charge in [0.2, 0.25) is 0 Å². The maximum atomic E-state index is 11.7. The van der Waals surface area contributed by atoms with Gasteiger partial charge in [-0.1, -0.05) is 23.2 Å². The van der Waals surface area contributed by atoms with E-state index in [1.807, 2.05) is 6.92 Å². The number of hydrogen-bond donors (Lipinski definition) is 1. The van der Waals surface area contributed by atoms with Crippen molar-refractivity contribution >= 4 is 34.9 Å². The van der Waals surface area contributed by atoms with Crippen LogP contribution in [0.1, 0.15) is 17.3 Å². The highest BCUT2D eigenvalue weighted by Crippen LogP contribution is 2.29. The van der Waals surface area contributed by atoms with E-state index in [-0.39, 0.29) is 27.9 Å². The predicted octanol–water partition coefficient (Wildman–Crippen LogP) is 2.77. The Labute approximate surface area is 110 Å². The van der Waals surface area contributed by atoms with Gasteiger partial charge in [0.1, 0.15) is 12.2 Å². The fourth-order valence-corrected chi connectivity index (χ4v) is 1.58. The summed E-state index contributed by atoms with van der Waals surface area (Å²) in [4.78, 5) is 11.7. The van der Waals surface area contributed by atoms with E-state index >= 15 is 0 Å². The maximum Gasteiger partial charge on any atom is 0.341 e. The largest absolute Gasteiger partial charge is 0.460 e. The van der Waals surface area contributed by atoms with E-state index in [0.717, 1.165) is 0 Å². The Kier molecular flexibility index (Phi) is 5.55. The minimum Gasteiger partial charge on any atom is -0.460 e. The van der Waals surface area contributed by atoms with E-state index in [4.69, 9.17) is 38.4 Å². The van der Waals surface area contributed by atoms with Crippen LogP contribution in [0.5, 0.6) is 0 Å². The number of nitrogen functional groups attached to an aromatic ring is 1. The molecule has 0 fully saturated rings. The normalized spacial score (nSPS) is 10.3. The first kappa shape index (κ1) is 14.1. The molecule has 0 amide bonds. The van der Waals surface area contributed by atoms with E-state index < -0.39 is 5.97 Å². The molecule has 2 N–H and O–H groups in total. The monoisotopic (exact) mass is 277 g/mol. The lowest BCUT2D eigenvalue weighted by atomic mass is 10.2. The van der Waals surface area contributed by atoms with Gasteiger partial charge in [-0.25, -0.2) is 4.79 Å². The van der Waals surface area contributed by atoms with Crippen LogP contribution in [0.15, 0.2) is 12.1 Å². The first-order chi connectivity index (χ1) is 8.07. The Hall–Kier alpha value is -0.970. The highest BCUT2D eigenvalue weighted by atomic mass is 35.5. The number of hydrogen-bond acceptors (Lipinski definition) is 4. The Bertz CT molecular complexity index is 410. The molecule has 0 aliphatic carbocycles. The highest BCUT2D eigenvalue weighted by molar-refractivity contribution is 6.38. The third kappa shape index (κ3) is 3.77. The van der Waals surface area contributed by atoms with E-state index in [1.54, 1.807) is 0 Å². The molecule has 0 radical (unpaired) electrons. The number of ether oxygens (including phenoxy) is 2. The van der Waals surface area contributed by atoms with Gasteiger partial charge in [-0.15, -0.1) is 0 Å². The molecule has 0 aliphatic rings. The van der Waals surface area contributed by atoms with Gasteiger partial charge in [0.25, 0.3) is 0 Å². The van der Waals surface area contributed by atoms with Crippen molar-refractivity contribution in [3.63, 3.8) is 0 Å². The summed E-state index contributed by atoms with van der Waals surface area (Å²) in [6, 6.07) is 3.02. The van der Waals surface area contributed by atoms with Crippen LogP contribution in [-0.2, 0) is 9.47 Å². The molecule has 0 aliphatic heterocycles. The van der Waals surface area contributed by atoms with Crippen molar-refractivity contribution in [2.24, 2.45) is 0 Å². The quantitative estimate of drug-likeness (QED) is 0.511. The number of anilines is 1. The van der Waals surface area contributed by atoms with Crippen molar-refractivity contribution in [2.45, 2.75) is 6.92 Å². The first-order valence-electron chi connectivity index (χ1n) is 5.06. The summed E-state index contributed by atoms with van der Waals surface area (Å²) in [5.41, 5.74) is 5.89. The van der Waals surface area contributed by atoms with Crippen molar-refractivity contribution in [2.75, 3.05) is 25.6 Å². The van der Waals surface area contributed by atoms with Crippen LogP contribution >= 0.6 is 23.2 Å². The van der Waals surface area contributed by atoms with E-state index in [9.17, 15) is 4.79 Å². The average Bonchev–Trinajstić information content (AvgIpc) is 2.30. The minimum atomic E-state index is -0.602. The van der Waals surface area contributed by atoms with Crippen LogP contribution in [0.3, 0.4) is 0 Å². The molecule has 1 aromatic rings. The Balaban J connectivity index is 2.72. The molecule has 1 rings (SSSR count). The zero-order valence-electron chi connectivity index (χ0n) is 9.33. The number of carbonyl (C=O) groups excluding carboxylic acids is 1. The lowest BCUT2D eigenvalue weighted by molar-refractivity contribution is 0.0336. The second kappa shape index (κ2) is 6.69. The minimum absolute atomic E-state index is 0.0932. The molecule has 0 heterocycles. The van der Waals surface area contributed by atoms with Crippen LogP contribution in [0.25, 0.3) is 0 Å². The summed E-state index contributed by atoms with van der Waals surface area (Å²) >= 11 is 11.7. The smallest absolute Gasteiger partial charge is 0.341 e. The van der Waals surface area contributed by atoms with Gasteiger partial charge in [-0.3, -0.25) is 0 Å². The maximum absolute atomic E-state index is 11.7. The lowest BCUT2D eigenvalue weighted by Crippen LogP contribution is -2.13. The summed E-state index contributed by atoms with van der Waals surface area (Å²) in [5, 5.41) is 0.486. The van der Waals surface area contributed by atoms with Gasteiger partial charge < -0.3 is 15.2 Å². The number of benzene rings is 1. The molecule has 0 aromatic heterocycles. The molecule has 4 nitrogen and oxygen atoms in total. The fraction of sp³-hybridized carbons (Fsp3) is 0.364. The zero-order valence-corrected chi connectivity index (χ0v) is 10.8. The summed E-state index contributed by atoms with van der Waals surface area (Å²) in [6.45, 7) is 2.90. The molecule has 94 valence electrons. The Morgan fingerprint density at radius 3 is 2.59 bits per heavy atom. The summed E-state index contributed by atoms with van der Waals surface area (Å²) in [5.74, 6) is -0.602. The number of carbonyl (C=O) groups is 1. The van der Waals surface area contributed by atoms with Gasteiger partial charge in [-0.05, 0) is 19.1 Å². The van der Waals surface area contributed by atoms with Crippen molar-refractivity contribution < 1.29 is 14.3 Å². The van der Waals surface area contributed by atoms with Gasteiger partial charge >= 0.3 is 5.97 Å². The van der Waals surface area contributed by atoms with Crippen LogP contribution in [-0.4, -0.2) is 25.8 Å². The van der Waals surface area contributed by atoms with Gasteiger partial charge in [0.05, 0.1) is 22.3 Å². The summed E-state index contributed by atoms with van der Waals surface area (Å²) in [7, 11) is 0. The van der Waals surface area contributed by atoms with Gasteiger partial charge in [0, 0.05) is 6.61 Å². The number of esters is 1. The van der Waals surface area contributed by atoms with Crippen LogP contribution < -0.4 is 5.73 Å². The van der Waals surface area contributed by atoms with E-state index in [1.165, 1.54) is 12.1 Å². The number of rotatable bonds is 5. The predicted molar refractivity (Wildman–Crippen MR) is 67.6 cm³/mol. The Morgan fingerprint density at radius 2 is 1.94 bits per heavy atom. The van der Waals surface area contributed by atoms with Crippen molar-refractivity contribution in [3.8, 4) is 0 Å². The SMILES string of the molecule is CCOCCOC(=O)c1c(Cl)ccc(Cl)c1N. The third-order valence-electron chi connectivity index (χ3n) is 2.01. The molecule has 6 heteroatoms. The number of halogens is 2. The second-order valence-corrected chi connectivity index (χ2v) is 3.97. The van der Waals surface area contributed by atoms with Gasteiger partial charge in [-0.2, -0.15) is 0 Å². The molecule has 0 atom stereocenters. The summed E-state index contributed by atoms with van der Waals surface area (Å²) in [6.07, 6.45) is 0. The molecular weight excluding hydrogens is 265 g/mol. The van der Waals surface area contributed by atoms with E-state index in [0.29, 0.717) is 13.2 Å². The molecule has 1 aromatic carbocycles. The molecule has 0 saturated heterocycles. The second-order valence-electron chi connectivity index (χ2n) is 3.15. The van der Waals surface area contributed by atoms with Crippen molar-refractivity contribution in [1.29, 1.82) is 0 Å². The third-order valence-corrected chi connectivity index (χ3v) is 2.66. The fourth-order valence-electron chi connectivity index (χ4n) is 1.18. The Morgan fingerprint density at radius 1 is 1.29 bits per heavy atom. The standard InChI is InChI=1S/C11H13Cl2NO3/c1-2-16-5-6-17-11(15)9-7(12)3-4-8(13)10(9)14/h3-4H,2,5-6,14H2,1H3. The van der Waals surface area contributed by atoms with Crippen LogP contribution in [0, 0.1) is 0 Å². The highest BCUT2D eigenvalue weighted by Gasteiger charge is 2.17. The van der Waals surface area contributed by atoms with Gasteiger partial charge in [0.15, 0.2) is 0 Å². The average molecular weight is 278 g/mol.